The summed E-state index contributed by atoms with van der Waals surface area (Å²) >= 11 is 14.9. The van der Waals surface area contributed by atoms with Crippen LogP contribution in [0, 0.1) is 11.3 Å². The molecule has 14 heteroatoms. The molecule has 3 heterocycles. The summed E-state index contributed by atoms with van der Waals surface area (Å²) in [7, 11) is 2.51. The zero-order valence-corrected chi connectivity index (χ0v) is 29.5. The number of nitrogens with two attached hydrogens (primary N) is 1. The Hall–Kier alpha value is -3.32. The lowest BCUT2D eigenvalue weighted by atomic mass is 9.74. The lowest BCUT2D eigenvalue weighted by molar-refractivity contribution is -0.143. The summed E-state index contributed by atoms with van der Waals surface area (Å²) in [6, 6.07) is 4.94. The summed E-state index contributed by atoms with van der Waals surface area (Å²) in [5.74, 6) is -3.84. The summed E-state index contributed by atoms with van der Waals surface area (Å²) in [5.41, 5.74) is 6.40. The first-order valence-electron chi connectivity index (χ1n) is 16.2. The van der Waals surface area contributed by atoms with Crippen LogP contribution >= 0.6 is 34.5 Å². The maximum absolute atomic E-state index is 13.9. The Labute approximate surface area is 294 Å². The molecule has 0 bridgehead atoms. The van der Waals surface area contributed by atoms with Gasteiger partial charge in [-0.2, -0.15) is 0 Å². The van der Waals surface area contributed by atoms with Gasteiger partial charge in [-0.25, -0.2) is 9.78 Å². The van der Waals surface area contributed by atoms with E-state index in [0.29, 0.717) is 50.3 Å². The number of benzene rings is 1. The molecule has 0 radical (unpaired) electrons. The molecule has 5 rings (SSSR count). The van der Waals surface area contributed by atoms with E-state index >= 15 is 0 Å². The van der Waals surface area contributed by atoms with Gasteiger partial charge in [-0.05, 0) is 49.9 Å². The lowest BCUT2D eigenvalue weighted by Crippen LogP contribution is -2.50. The number of ether oxygens (including phenoxy) is 2. The van der Waals surface area contributed by atoms with E-state index in [4.69, 9.17) is 43.4 Å². The second-order valence-corrected chi connectivity index (χ2v) is 14.3. The largest absolute Gasteiger partial charge is 0.468 e. The van der Waals surface area contributed by atoms with Crippen molar-refractivity contribution in [2.45, 2.75) is 57.3 Å². The van der Waals surface area contributed by atoms with Crippen molar-refractivity contribution < 1.29 is 28.7 Å². The molecule has 11 nitrogen and oxygen atoms in total. The van der Waals surface area contributed by atoms with Crippen LogP contribution in [0.3, 0.4) is 0 Å². The molecule has 0 spiro atoms. The molecule has 2 amide bonds. The molecule has 1 aromatic carbocycles. The van der Waals surface area contributed by atoms with Crippen LogP contribution in [-0.2, 0) is 35.1 Å². The van der Waals surface area contributed by atoms with Crippen molar-refractivity contribution in [1.82, 2.24) is 14.8 Å². The van der Waals surface area contributed by atoms with E-state index in [1.165, 1.54) is 25.6 Å². The van der Waals surface area contributed by atoms with Crippen molar-refractivity contribution >= 4 is 64.0 Å². The van der Waals surface area contributed by atoms with Crippen molar-refractivity contribution in [3.05, 3.63) is 61.7 Å². The van der Waals surface area contributed by atoms with Crippen LogP contribution in [0.1, 0.15) is 61.4 Å². The van der Waals surface area contributed by atoms with Gasteiger partial charge in [-0.1, -0.05) is 42.1 Å². The third-order valence-electron chi connectivity index (χ3n) is 9.88. The maximum Gasteiger partial charge on any atom is 0.336 e. The molecule has 2 atom stereocenters. The van der Waals surface area contributed by atoms with Crippen LogP contribution in [0.15, 0.2) is 46.0 Å². The number of amides is 2. The average Bonchev–Trinajstić information content (AvgIpc) is 3.79. The molecule has 1 saturated carbocycles. The van der Waals surface area contributed by atoms with Crippen LogP contribution < -0.4 is 5.73 Å². The Morgan fingerprint density at radius 2 is 1.71 bits per heavy atom. The number of halogens is 2. The van der Waals surface area contributed by atoms with Gasteiger partial charge in [0.2, 0.25) is 11.8 Å². The molecule has 2 N–H and O–H groups in total. The Kier molecular flexibility index (Phi) is 11.9. The van der Waals surface area contributed by atoms with Crippen LogP contribution in [-0.4, -0.2) is 91.2 Å². The Morgan fingerprint density at radius 1 is 1.02 bits per heavy atom. The highest BCUT2D eigenvalue weighted by molar-refractivity contribution is 7.09. The first kappa shape index (κ1) is 36.0. The third-order valence-corrected chi connectivity index (χ3v) is 11.4. The molecule has 1 aliphatic carbocycles. The zero-order chi connectivity index (χ0) is 34.4. The van der Waals surface area contributed by atoms with Crippen molar-refractivity contribution in [3.8, 4) is 0 Å². The summed E-state index contributed by atoms with van der Waals surface area (Å²) in [4.78, 5) is 66.4. The molecule has 2 unspecified atom stereocenters. The normalized spacial score (nSPS) is 21.2. The highest BCUT2D eigenvalue weighted by Crippen LogP contribution is 2.47. The molecule has 1 aromatic heterocycles. The number of aryl methyl sites for hydroxylation is 1. The zero-order valence-electron chi connectivity index (χ0n) is 27.2. The maximum atomic E-state index is 13.9. The molecule has 2 aliphatic heterocycles. The summed E-state index contributed by atoms with van der Waals surface area (Å²) in [6.45, 7) is 3.00. The number of hydrogen-bond acceptors (Lipinski definition) is 10. The monoisotopic (exact) mass is 717 g/mol. The average molecular weight is 719 g/mol. The van der Waals surface area contributed by atoms with Crippen LogP contribution in [0.25, 0.3) is 0 Å². The van der Waals surface area contributed by atoms with E-state index in [0.717, 1.165) is 43.7 Å². The molecule has 3 aliphatic rings. The van der Waals surface area contributed by atoms with Gasteiger partial charge in [0.05, 0.1) is 42.3 Å². The second-order valence-electron chi connectivity index (χ2n) is 12.5. The van der Waals surface area contributed by atoms with E-state index in [2.05, 4.69) is 9.88 Å². The van der Waals surface area contributed by atoms with Gasteiger partial charge < -0.3 is 20.1 Å². The number of carbonyl (C=O) groups is 4. The van der Waals surface area contributed by atoms with Gasteiger partial charge in [0.1, 0.15) is 5.92 Å². The topological polar surface area (TPSA) is 144 Å². The lowest BCUT2D eigenvalue weighted by Gasteiger charge is -2.37. The fourth-order valence-electron chi connectivity index (χ4n) is 7.19. The fourth-order valence-corrected chi connectivity index (χ4v) is 8.44. The molecular formula is C34H41Cl2N5O6S. The molecule has 48 heavy (non-hydrogen) atoms. The Balaban J connectivity index is 1.43. The predicted molar refractivity (Wildman–Crippen MR) is 184 cm³/mol. The van der Waals surface area contributed by atoms with Crippen LogP contribution in [0.4, 0.5) is 0 Å². The molecular weight excluding hydrogens is 677 g/mol. The standard InChI is InChI=1S/C34H41Cl2N5O6S/c1-46-31(43)28-23(8-9-25-38-13-19-48-25)39-24(29(32(44)47-2)30(28)27-21(35)6-5-7-22(27)36)20-26(42)41-17-15-40(16-18-41)14-12-34(33(37)45)10-3-4-11-34/h5-7,13,19,28,30H,3-4,8-12,14-18,20H2,1-2H3,(H2,37,45). The number of aliphatic imine (C=N–C) groups is 1. The van der Waals surface area contributed by atoms with Gasteiger partial charge in [-0.15, -0.1) is 11.3 Å². The molecule has 1 saturated heterocycles. The summed E-state index contributed by atoms with van der Waals surface area (Å²) < 4.78 is 10.5. The smallest absolute Gasteiger partial charge is 0.336 e. The summed E-state index contributed by atoms with van der Waals surface area (Å²) in [5, 5.41) is 3.22. The van der Waals surface area contributed by atoms with E-state index in [9.17, 15) is 19.2 Å². The van der Waals surface area contributed by atoms with Crippen LogP contribution in [0.5, 0.6) is 0 Å². The fraction of sp³-hybridized carbons (Fsp3) is 0.529. The van der Waals surface area contributed by atoms with Crippen molar-refractivity contribution in [3.63, 3.8) is 0 Å². The number of primary amides is 1. The number of carbonyl (C=O) groups excluding carboxylic acids is 4. The SMILES string of the molecule is COC(=O)C1=C(CC(=O)N2CCN(CCC3(C(N)=O)CCCC3)CC2)N=C(CCc2nccs2)C(C(=O)OC)C1c1c(Cl)cccc1Cl. The third kappa shape index (κ3) is 7.77. The minimum absolute atomic E-state index is 0.0428. The number of hydrogen-bond donors (Lipinski definition) is 1. The minimum Gasteiger partial charge on any atom is -0.468 e. The number of methoxy groups -OCH3 is 2. The Bertz CT molecular complexity index is 1560. The van der Waals surface area contributed by atoms with Gasteiger partial charge >= 0.3 is 11.9 Å². The van der Waals surface area contributed by atoms with E-state index in [1.807, 2.05) is 5.38 Å². The van der Waals surface area contributed by atoms with Gasteiger partial charge in [0, 0.05) is 65.9 Å². The number of rotatable bonds is 12. The number of nitrogens with zero attached hydrogens (tertiary/aromatic N) is 4. The number of thiazole rings is 1. The first-order valence-corrected chi connectivity index (χ1v) is 17.8. The Morgan fingerprint density at radius 3 is 2.29 bits per heavy atom. The van der Waals surface area contributed by atoms with Crippen molar-refractivity contribution in [2.75, 3.05) is 46.9 Å². The van der Waals surface area contributed by atoms with Gasteiger partial charge in [0.25, 0.3) is 0 Å². The van der Waals surface area contributed by atoms with E-state index in [1.54, 1.807) is 29.3 Å². The van der Waals surface area contributed by atoms with Gasteiger partial charge in [0.15, 0.2) is 0 Å². The summed E-state index contributed by atoms with van der Waals surface area (Å²) in [6.07, 6.45) is 6.76. The van der Waals surface area contributed by atoms with Crippen LogP contribution in [0.2, 0.25) is 10.0 Å². The first-order chi connectivity index (χ1) is 23.1. The second kappa shape index (κ2) is 15.9. The van der Waals surface area contributed by atoms with Crippen molar-refractivity contribution in [1.29, 1.82) is 0 Å². The van der Waals surface area contributed by atoms with Gasteiger partial charge in [-0.3, -0.25) is 24.3 Å². The number of esters is 2. The molecule has 2 fully saturated rings. The highest BCUT2D eigenvalue weighted by Gasteiger charge is 2.46. The highest BCUT2D eigenvalue weighted by atomic mass is 35.5. The van der Waals surface area contributed by atoms with E-state index < -0.39 is 29.2 Å². The minimum atomic E-state index is -1.05. The van der Waals surface area contributed by atoms with Crippen molar-refractivity contribution in [2.24, 2.45) is 22.1 Å². The molecule has 2 aromatic rings. The quantitative estimate of drug-likeness (QED) is 0.308. The van der Waals surface area contributed by atoms with E-state index in [-0.39, 0.29) is 39.6 Å². The number of aromatic nitrogens is 1. The molecule has 258 valence electrons. The predicted octanol–water partition coefficient (Wildman–Crippen LogP) is 4.81. The number of piperazine rings is 1.